The van der Waals surface area contributed by atoms with E-state index in [9.17, 15) is 4.79 Å². The molecule has 16 heavy (non-hydrogen) atoms. The second kappa shape index (κ2) is 6.12. The maximum absolute atomic E-state index is 11.5. The third kappa shape index (κ3) is 3.90. The molecular formula is C12H18N2O2. The number of carbonyl (C=O) groups is 1. The van der Waals surface area contributed by atoms with Crippen LogP contribution in [0.3, 0.4) is 0 Å². The molecule has 0 heterocycles. The topological polar surface area (TPSA) is 41.6 Å². The molecule has 0 aliphatic rings. The fourth-order valence-corrected chi connectivity index (χ4v) is 1.40. The zero-order valence-electron chi connectivity index (χ0n) is 9.93. The standard InChI is InChI=1S/C12H18N2O2/c1-10(13-12(15)14(2)16-3)9-11-7-5-4-6-8-11/h4-8,10H,9H2,1-3H3,(H,13,15)/t10-/m0/s1. The molecule has 0 unspecified atom stereocenters. The summed E-state index contributed by atoms with van der Waals surface area (Å²) in [4.78, 5) is 16.2. The molecule has 0 fully saturated rings. The lowest BCUT2D eigenvalue weighted by molar-refractivity contribution is -0.0654. The van der Waals surface area contributed by atoms with E-state index in [1.54, 1.807) is 7.05 Å². The summed E-state index contributed by atoms with van der Waals surface area (Å²) in [6.45, 7) is 1.97. The van der Waals surface area contributed by atoms with Gasteiger partial charge in [-0.25, -0.2) is 9.86 Å². The van der Waals surface area contributed by atoms with Gasteiger partial charge in [-0.05, 0) is 18.9 Å². The predicted octanol–water partition coefficient (Wildman–Crippen LogP) is 1.82. The zero-order chi connectivity index (χ0) is 12.0. The van der Waals surface area contributed by atoms with Crippen LogP contribution in [0, 0.1) is 0 Å². The van der Waals surface area contributed by atoms with Crippen molar-refractivity contribution in [2.45, 2.75) is 19.4 Å². The van der Waals surface area contributed by atoms with E-state index in [-0.39, 0.29) is 12.1 Å². The summed E-state index contributed by atoms with van der Waals surface area (Å²) in [6, 6.07) is 9.89. The third-order valence-electron chi connectivity index (χ3n) is 2.31. The van der Waals surface area contributed by atoms with Crippen molar-refractivity contribution in [1.82, 2.24) is 10.4 Å². The number of carbonyl (C=O) groups excluding carboxylic acids is 1. The molecule has 0 bridgehead atoms. The Hall–Kier alpha value is -1.55. The van der Waals surface area contributed by atoms with Gasteiger partial charge in [0.05, 0.1) is 7.11 Å². The van der Waals surface area contributed by atoms with Crippen molar-refractivity contribution in [3.8, 4) is 0 Å². The lowest BCUT2D eigenvalue weighted by atomic mass is 10.1. The predicted molar refractivity (Wildman–Crippen MR) is 62.9 cm³/mol. The Balaban J connectivity index is 2.42. The molecule has 0 aromatic heterocycles. The molecule has 0 spiro atoms. The molecular weight excluding hydrogens is 204 g/mol. The fraction of sp³-hybridized carbons (Fsp3) is 0.417. The van der Waals surface area contributed by atoms with Crippen LogP contribution in [0.4, 0.5) is 4.79 Å². The van der Waals surface area contributed by atoms with Crippen LogP contribution in [0.25, 0.3) is 0 Å². The van der Waals surface area contributed by atoms with Crippen molar-refractivity contribution in [3.63, 3.8) is 0 Å². The van der Waals surface area contributed by atoms with E-state index in [1.165, 1.54) is 17.7 Å². The normalized spacial score (nSPS) is 11.9. The summed E-state index contributed by atoms with van der Waals surface area (Å²) >= 11 is 0. The first-order valence-corrected chi connectivity index (χ1v) is 5.25. The summed E-state index contributed by atoms with van der Waals surface area (Å²) < 4.78 is 0. The summed E-state index contributed by atoms with van der Waals surface area (Å²) in [5.41, 5.74) is 1.20. The lowest BCUT2D eigenvalue weighted by Crippen LogP contribution is -2.42. The molecule has 88 valence electrons. The molecule has 1 atom stereocenters. The third-order valence-corrected chi connectivity index (χ3v) is 2.31. The van der Waals surface area contributed by atoms with Gasteiger partial charge in [0.1, 0.15) is 0 Å². The van der Waals surface area contributed by atoms with E-state index in [0.29, 0.717) is 0 Å². The molecule has 0 saturated heterocycles. The monoisotopic (exact) mass is 222 g/mol. The fourth-order valence-electron chi connectivity index (χ4n) is 1.40. The minimum absolute atomic E-state index is 0.0764. The highest BCUT2D eigenvalue weighted by molar-refractivity contribution is 5.73. The highest BCUT2D eigenvalue weighted by Gasteiger charge is 2.11. The van der Waals surface area contributed by atoms with Gasteiger partial charge in [-0.1, -0.05) is 30.3 Å². The summed E-state index contributed by atoms with van der Waals surface area (Å²) in [6.07, 6.45) is 0.810. The maximum atomic E-state index is 11.5. The number of urea groups is 1. The van der Waals surface area contributed by atoms with Gasteiger partial charge in [-0.15, -0.1) is 0 Å². The number of hydrogen-bond donors (Lipinski definition) is 1. The molecule has 0 aliphatic heterocycles. The largest absolute Gasteiger partial charge is 0.341 e. The second-order valence-corrected chi connectivity index (χ2v) is 3.72. The van der Waals surface area contributed by atoms with Crippen LogP contribution >= 0.6 is 0 Å². The van der Waals surface area contributed by atoms with E-state index < -0.39 is 0 Å². The van der Waals surface area contributed by atoms with Gasteiger partial charge >= 0.3 is 6.03 Å². The Labute approximate surface area is 96.2 Å². The van der Waals surface area contributed by atoms with Crippen LogP contribution in [0.5, 0.6) is 0 Å². The van der Waals surface area contributed by atoms with Crippen LogP contribution < -0.4 is 5.32 Å². The number of hydroxylamine groups is 2. The summed E-state index contributed by atoms with van der Waals surface area (Å²) in [5.74, 6) is 0. The molecule has 0 aliphatic carbocycles. The highest BCUT2D eigenvalue weighted by atomic mass is 16.7. The minimum atomic E-state index is -0.231. The van der Waals surface area contributed by atoms with Crippen LogP contribution in [0.1, 0.15) is 12.5 Å². The van der Waals surface area contributed by atoms with Crippen molar-refractivity contribution in [3.05, 3.63) is 35.9 Å². The van der Waals surface area contributed by atoms with Crippen LogP contribution in [0.15, 0.2) is 30.3 Å². The Morgan fingerprint density at radius 3 is 2.62 bits per heavy atom. The van der Waals surface area contributed by atoms with Crippen LogP contribution in [-0.2, 0) is 11.3 Å². The van der Waals surface area contributed by atoms with Crippen molar-refractivity contribution in [2.24, 2.45) is 0 Å². The molecule has 1 rings (SSSR count). The van der Waals surface area contributed by atoms with E-state index in [0.717, 1.165) is 6.42 Å². The number of amides is 2. The van der Waals surface area contributed by atoms with Gasteiger partial charge in [0.15, 0.2) is 0 Å². The maximum Gasteiger partial charge on any atom is 0.341 e. The minimum Gasteiger partial charge on any atom is -0.333 e. The smallest absolute Gasteiger partial charge is 0.333 e. The van der Waals surface area contributed by atoms with Crippen LogP contribution in [0.2, 0.25) is 0 Å². The van der Waals surface area contributed by atoms with Crippen LogP contribution in [-0.4, -0.2) is 31.3 Å². The lowest BCUT2D eigenvalue weighted by Gasteiger charge is -2.19. The van der Waals surface area contributed by atoms with Gasteiger partial charge in [0, 0.05) is 13.1 Å². The van der Waals surface area contributed by atoms with Crippen molar-refractivity contribution in [2.75, 3.05) is 14.2 Å². The number of rotatable bonds is 4. The molecule has 1 aromatic carbocycles. The van der Waals surface area contributed by atoms with Crippen molar-refractivity contribution in [1.29, 1.82) is 0 Å². The Kier molecular flexibility index (Phi) is 4.79. The molecule has 0 radical (unpaired) electrons. The molecule has 1 N–H and O–H groups in total. The van der Waals surface area contributed by atoms with Crippen molar-refractivity contribution < 1.29 is 9.63 Å². The molecule has 1 aromatic rings. The van der Waals surface area contributed by atoms with Gasteiger partial charge in [0.2, 0.25) is 0 Å². The molecule has 0 saturated carbocycles. The van der Waals surface area contributed by atoms with E-state index in [4.69, 9.17) is 4.84 Å². The Morgan fingerprint density at radius 2 is 2.06 bits per heavy atom. The first-order chi connectivity index (χ1) is 7.63. The second-order valence-electron chi connectivity index (χ2n) is 3.72. The quantitative estimate of drug-likeness (QED) is 0.789. The average Bonchev–Trinajstić information content (AvgIpc) is 2.29. The van der Waals surface area contributed by atoms with Crippen molar-refractivity contribution >= 4 is 6.03 Å². The van der Waals surface area contributed by atoms with Gasteiger partial charge in [-0.3, -0.25) is 4.84 Å². The van der Waals surface area contributed by atoms with Gasteiger partial charge < -0.3 is 5.32 Å². The number of nitrogens with zero attached hydrogens (tertiary/aromatic N) is 1. The van der Waals surface area contributed by atoms with Gasteiger partial charge in [0.25, 0.3) is 0 Å². The number of benzene rings is 1. The Morgan fingerprint density at radius 1 is 1.44 bits per heavy atom. The van der Waals surface area contributed by atoms with Gasteiger partial charge in [-0.2, -0.15) is 0 Å². The summed E-state index contributed by atoms with van der Waals surface area (Å²) in [7, 11) is 3.03. The number of nitrogens with one attached hydrogen (secondary N) is 1. The molecule has 2 amide bonds. The number of hydrogen-bond acceptors (Lipinski definition) is 2. The SMILES string of the molecule is CON(C)C(=O)N[C@@H](C)Cc1ccccc1. The Bertz CT molecular complexity index is 327. The van der Waals surface area contributed by atoms with E-state index >= 15 is 0 Å². The highest BCUT2D eigenvalue weighted by Crippen LogP contribution is 2.02. The van der Waals surface area contributed by atoms with E-state index in [1.807, 2.05) is 37.3 Å². The average molecular weight is 222 g/mol. The first kappa shape index (κ1) is 12.5. The molecule has 4 heteroatoms. The summed E-state index contributed by atoms with van der Waals surface area (Å²) in [5, 5.41) is 4.01. The van der Waals surface area contributed by atoms with E-state index in [2.05, 4.69) is 5.32 Å². The zero-order valence-corrected chi connectivity index (χ0v) is 9.93. The first-order valence-electron chi connectivity index (χ1n) is 5.25. The molecule has 4 nitrogen and oxygen atoms in total.